The van der Waals surface area contributed by atoms with E-state index < -0.39 is 0 Å². The van der Waals surface area contributed by atoms with Gasteiger partial charge in [-0.2, -0.15) is 11.8 Å². The van der Waals surface area contributed by atoms with E-state index in [4.69, 9.17) is 0 Å². The summed E-state index contributed by atoms with van der Waals surface area (Å²) in [6.45, 7) is 4.35. The summed E-state index contributed by atoms with van der Waals surface area (Å²) >= 11 is 1.83. The summed E-state index contributed by atoms with van der Waals surface area (Å²) in [6.07, 6.45) is 3.12. The summed E-state index contributed by atoms with van der Waals surface area (Å²) in [5.41, 5.74) is 2.40. The minimum absolute atomic E-state index is 0.312. The molecule has 0 aliphatic heterocycles. The van der Waals surface area contributed by atoms with E-state index in [1.165, 1.54) is 12.0 Å². The second-order valence-corrected chi connectivity index (χ2v) is 5.24. The van der Waals surface area contributed by atoms with Crippen LogP contribution in [0.25, 0.3) is 0 Å². The Morgan fingerprint density at radius 3 is 2.75 bits per heavy atom. The van der Waals surface area contributed by atoms with E-state index in [9.17, 15) is 5.11 Å². The molecule has 0 fully saturated rings. The zero-order chi connectivity index (χ0) is 11.8. The third-order valence-corrected chi connectivity index (χ3v) is 3.75. The van der Waals surface area contributed by atoms with Crippen LogP contribution in [-0.4, -0.2) is 16.6 Å². The maximum Gasteiger partial charge on any atom is 0.0880 e. The van der Waals surface area contributed by atoms with Gasteiger partial charge >= 0.3 is 0 Å². The highest BCUT2D eigenvalue weighted by Crippen LogP contribution is 2.20. The van der Waals surface area contributed by atoms with Gasteiger partial charge in [0.05, 0.1) is 6.10 Å². The Kier molecular flexibility index (Phi) is 6.58. The lowest BCUT2D eigenvalue weighted by Gasteiger charge is -2.11. The Bertz CT molecular complexity index is 299. The molecule has 1 rings (SSSR count). The molecule has 1 nitrogen and oxygen atoms in total. The summed E-state index contributed by atoms with van der Waals surface area (Å²) in [7, 11) is 0. The van der Waals surface area contributed by atoms with Gasteiger partial charge in [-0.05, 0) is 29.7 Å². The Hall–Kier alpha value is -0.470. The van der Waals surface area contributed by atoms with Crippen molar-refractivity contribution in [1.82, 2.24) is 0 Å². The van der Waals surface area contributed by atoms with E-state index >= 15 is 0 Å². The predicted octanol–water partition coefficient (Wildman–Crippen LogP) is 3.82. The first-order valence-corrected chi connectivity index (χ1v) is 7.28. The van der Waals surface area contributed by atoms with Gasteiger partial charge < -0.3 is 5.11 Å². The normalized spacial score (nSPS) is 12.7. The summed E-state index contributed by atoms with van der Waals surface area (Å²) in [5, 5.41) is 10.0. The zero-order valence-electron chi connectivity index (χ0n) is 10.3. The third kappa shape index (κ3) is 4.58. The summed E-state index contributed by atoms with van der Waals surface area (Å²) in [4.78, 5) is 0. The zero-order valence-corrected chi connectivity index (χ0v) is 11.1. The molecule has 0 spiro atoms. The molecule has 0 bridgehead atoms. The number of benzene rings is 1. The van der Waals surface area contributed by atoms with E-state index in [2.05, 4.69) is 26.0 Å². The van der Waals surface area contributed by atoms with Crippen LogP contribution in [0.1, 0.15) is 43.9 Å². The first-order valence-electron chi connectivity index (χ1n) is 6.12. The number of aryl methyl sites for hydroxylation is 1. The molecule has 1 aromatic carbocycles. The van der Waals surface area contributed by atoms with E-state index in [-0.39, 0.29) is 6.10 Å². The van der Waals surface area contributed by atoms with E-state index in [0.717, 1.165) is 29.9 Å². The SMILES string of the molecule is CCCSCC(O)c1cccc(CCC)c1. The molecular weight excluding hydrogens is 216 g/mol. The van der Waals surface area contributed by atoms with Gasteiger partial charge in [-0.1, -0.05) is 44.5 Å². The Balaban J connectivity index is 2.53. The molecule has 90 valence electrons. The van der Waals surface area contributed by atoms with Crippen molar-refractivity contribution in [1.29, 1.82) is 0 Å². The van der Waals surface area contributed by atoms with Crippen molar-refractivity contribution in [2.75, 3.05) is 11.5 Å². The van der Waals surface area contributed by atoms with Gasteiger partial charge in [-0.15, -0.1) is 0 Å². The topological polar surface area (TPSA) is 20.2 Å². The average Bonchev–Trinajstić information content (AvgIpc) is 2.30. The van der Waals surface area contributed by atoms with Gasteiger partial charge in [-0.3, -0.25) is 0 Å². The van der Waals surface area contributed by atoms with Gasteiger partial charge in [0.1, 0.15) is 0 Å². The highest BCUT2D eigenvalue weighted by Gasteiger charge is 2.07. The molecular formula is C14H22OS. The highest BCUT2D eigenvalue weighted by atomic mass is 32.2. The monoisotopic (exact) mass is 238 g/mol. The summed E-state index contributed by atoms with van der Waals surface area (Å²) < 4.78 is 0. The van der Waals surface area contributed by atoms with Crippen LogP contribution in [0.3, 0.4) is 0 Å². The lowest BCUT2D eigenvalue weighted by Crippen LogP contribution is -2.01. The molecule has 0 amide bonds. The van der Waals surface area contributed by atoms with Gasteiger partial charge in [-0.25, -0.2) is 0 Å². The molecule has 1 atom stereocenters. The molecule has 0 aliphatic carbocycles. The van der Waals surface area contributed by atoms with Crippen LogP contribution in [0.2, 0.25) is 0 Å². The number of hydrogen-bond donors (Lipinski definition) is 1. The molecule has 16 heavy (non-hydrogen) atoms. The number of thioether (sulfide) groups is 1. The molecule has 0 saturated carbocycles. The van der Waals surface area contributed by atoms with Gasteiger partial charge in [0.25, 0.3) is 0 Å². The second-order valence-electron chi connectivity index (χ2n) is 4.09. The van der Waals surface area contributed by atoms with E-state index in [1.54, 1.807) is 0 Å². The van der Waals surface area contributed by atoms with Crippen molar-refractivity contribution in [3.63, 3.8) is 0 Å². The van der Waals surface area contributed by atoms with Crippen molar-refractivity contribution in [3.8, 4) is 0 Å². The molecule has 0 saturated heterocycles. The number of hydrogen-bond acceptors (Lipinski definition) is 2. The molecule has 0 radical (unpaired) electrons. The Morgan fingerprint density at radius 2 is 2.06 bits per heavy atom. The van der Waals surface area contributed by atoms with E-state index in [0.29, 0.717) is 0 Å². The van der Waals surface area contributed by atoms with Crippen LogP contribution in [0.5, 0.6) is 0 Å². The first kappa shape index (κ1) is 13.6. The van der Waals surface area contributed by atoms with Crippen LogP contribution >= 0.6 is 11.8 Å². The second kappa shape index (κ2) is 7.75. The maximum atomic E-state index is 10.0. The van der Waals surface area contributed by atoms with Gasteiger partial charge in [0.2, 0.25) is 0 Å². The maximum absolute atomic E-state index is 10.0. The fraction of sp³-hybridized carbons (Fsp3) is 0.571. The van der Waals surface area contributed by atoms with Crippen molar-refractivity contribution in [2.24, 2.45) is 0 Å². The van der Waals surface area contributed by atoms with Crippen LogP contribution in [0.15, 0.2) is 24.3 Å². The van der Waals surface area contributed by atoms with Gasteiger partial charge in [0, 0.05) is 5.75 Å². The molecule has 0 aromatic heterocycles. The van der Waals surface area contributed by atoms with E-state index in [1.807, 2.05) is 23.9 Å². The minimum Gasteiger partial charge on any atom is -0.388 e. The lowest BCUT2D eigenvalue weighted by atomic mass is 10.0. The van der Waals surface area contributed by atoms with Crippen molar-refractivity contribution >= 4 is 11.8 Å². The number of aliphatic hydroxyl groups excluding tert-OH is 1. The van der Waals surface area contributed by atoms with Crippen LogP contribution in [0.4, 0.5) is 0 Å². The Morgan fingerprint density at radius 1 is 1.25 bits per heavy atom. The molecule has 1 unspecified atom stereocenters. The quantitative estimate of drug-likeness (QED) is 0.729. The standard InChI is InChI=1S/C14H22OS/c1-3-6-12-7-5-8-13(10-12)14(15)11-16-9-4-2/h5,7-8,10,14-15H,3-4,6,9,11H2,1-2H3. The van der Waals surface area contributed by atoms with Crippen LogP contribution < -0.4 is 0 Å². The first-order chi connectivity index (χ1) is 7.77. The van der Waals surface area contributed by atoms with Gasteiger partial charge in [0.15, 0.2) is 0 Å². The fourth-order valence-electron chi connectivity index (χ4n) is 1.68. The summed E-state index contributed by atoms with van der Waals surface area (Å²) in [6, 6.07) is 8.35. The van der Waals surface area contributed by atoms with Crippen LogP contribution in [0, 0.1) is 0 Å². The largest absolute Gasteiger partial charge is 0.388 e. The van der Waals surface area contributed by atoms with Crippen molar-refractivity contribution < 1.29 is 5.11 Å². The van der Waals surface area contributed by atoms with Crippen molar-refractivity contribution in [3.05, 3.63) is 35.4 Å². The predicted molar refractivity (Wildman–Crippen MR) is 73.0 cm³/mol. The minimum atomic E-state index is -0.312. The Labute approximate surface area is 103 Å². The highest BCUT2D eigenvalue weighted by molar-refractivity contribution is 7.99. The molecule has 1 aromatic rings. The molecule has 2 heteroatoms. The number of aliphatic hydroxyl groups is 1. The number of rotatable bonds is 7. The molecule has 0 heterocycles. The third-order valence-electron chi connectivity index (χ3n) is 2.50. The average molecular weight is 238 g/mol. The lowest BCUT2D eigenvalue weighted by molar-refractivity contribution is 0.204. The van der Waals surface area contributed by atoms with Crippen LogP contribution in [-0.2, 0) is 6.42 Å². The smallest absolute Gasteiger partial charge is 0.0880 e. The fourth-order valence-corrected chi connectivity index (χ4v) is 2.55. The summed E-state index contributed by atoms with van der Waals surface area (Å²) in [5.74, 6) is 1.94. The molecule has 1 N–H and O–H groups in total. The molecule has 0 aliphatic rings. The van der Waals surface area contributed by atoms with Crippen molar-refractivity contribution in [2.45, 2.75) is 39.2 Å².